The minimum Gasteiger partial charge on any atom is -0.432 e. The number of allylic oxidation sites excluding steroid dienone is 2. The Morgan fingerprint density at radius 2 is 1.32 bits per heavy atom. The summed E-state index contributed by atoms with van der Waals surface area (Å²) in [5.74, 6) is -0.174. The Bertz CT molecular complexity index is 1800. The lowest BCUT2D eigenvalue weighted by Gasteiger charge is -2.71. The van der Waals surface area contributed by atoms with Crippen LogP contribution in [0.1, 0.15) is 113 Å². The van der Waals surface area contributed by atoms with Crippen LogP contribution in [0.25, 0.3) is 0 Å². The molecule has 0 radical (unpaired) electrons. The van der Waals surface area contributed by atoms with E-state index in [1.165, 1.54) is 12.5 Å². The van der Waals surface area contributed by atoms with Crippen molar-refractivity contribution in [3.8, 4) is 0 Å². The van der Waals surface area contributed by atoms with Gasteiger partial charge < -0.3 is 84.6 Å². The number of aliphatic hydroxyl groups excluding tert-OH is 11. The lowest BCUT2D eigenvalue weighted by atomic mass is 9.33. The van der Waals surface area contributed by atoms with Gasteiger partial charge in [0, 0.05) is 6.61 Å². The highest BCUT2D eigenvalue weighted by atomic mass is 16.8. The van der Waals surface area contributed by atoms with Gasteiger partial charge in [-0.15, -0.1) is 0 Å². The molecule has 8 aliphatic rings. The molecule has 0 spiro atoms. The first-order valence-electron chi connectivity index (χ1n) is 24.3. The van der Waals surface area contributed by atoms with Crippen molar-refractivity contribution in [3.63, 3.8) is 0 Å². The minimum absolute atomic E-state index is 0.0174. The lowest BCUT2D eigenvalue weighted by Crippen LogP contribution is -2.65. The monoisotopic (exact) mass is 943 g/mol. The second-order valence-electron chi connectivity index (χ2n) is 23.3. The molecular weight excluding hydrogens is 865 g/mol. The maximum atomic E-state index is 15.0. The zero-order valence-corrected chi connectivity index (χ0v) is 39.5. The van der Waals surface area contributed by atoms with Crippen LogP contribution in [0.4, 0.5) is 0 Å². The molecule has 7 fully saturated rings. The van der Waals surface area contributed by atoms with Crippen LogP contribution in [0.3, 0.4) is 0 Å². The van der Waals surface area contributed by atoms with Crippen molar-refractivity contribution in [1.82, 2.24) is 0 Å². The predicted octanol–water partition coefficient (Wildman–Crippen LogP) is 0.141. The Morgan fingerprint density at radius 1 is 0.682 bits per heavy atom. The largest absolute Gasteiger partial charge is 0.432 e. The maximum absolute atomic E-state index is 15.0. The smallest absolute Gasteiger partial charge is 0.315 e. The Kier molecular flexibility index (Phi) is 13.9. The summed E-state index contributed by atoms with van der Waals surface area (Å²) >= 11 is 0. The number of esters is 1. The zero-order valence-electron chi connectivity index (χ0n) is 39.5. The third-order valence-corrected chi connectivity index (χ3v) is 19.5. The van der Waals surface area contributed by atoms with Gasteiger partial charge in [0.2, 0.25) is 6.29 Å². The number of aliphatic hydroxyl groups is 11. The standard InChI is InChI=1S/C48H78O18/c1-22-30(52)32(54)35(57)40(62-22)65-38-25(19-49)63-39(37(59)34(38)56)61-20-26-31(53)33(55)36(58)41(64-26)66-42(60)48-16-14-44(4,21-50)18-24(48)23-8-9-28-45(5)12-11-29(51)43(2,3)27(45)10-13-47(28,7)46(23,6)15-17-48/h8,22,24-41,49-59H,9-21H2,1-7H3. The van der Waals surface area contributed by atoms with Crippen molar-refractivity contribution < 1.29 is 89.4 Å². The van der Waals surface area contributed by atoms with E-state index in [-0.39, 0.29) is 40.3 Å². The molecule has 3 aliphatic heterocycles. The topological polar surface area (TPSA) is 295 Å². The highest BCUT2D eigenvalue weighted by Crippen LogP contribution is 2.76. The number of carbonyl (C=O) groups excluding carboxylic acids is 1. The second-order valence-corrected chi connectivity index (χ2v) is 23.3. The minimum atomic E-state index is -1.86. The summed E-state index contributed by atoms with van der Waals surface area (Å²) in [6.45, 7) is 13.7. The molecule has 18 nitrogen and oxygen atoms in total. The summed E-state index contributed by atoms with van der Waals surface area (Å²) in [6, 6.07) is 0. The quantitative estimate of drug-likeness (QED) is 0.108. The van der Waals surface area contributed by atoms with Crippen LogP contribution in [0.15, 0.2) is 11.6 Å². The first-order valence-corrected chi connectivity index (χ1v) is 24.3. The number of hydrogen-bond donors (Lipinski definition) is 11. The van der Waals surface area contributed by atoms with Gasteiger partial charge >= 0.3 is 5.97 Å². The summed E-state index contributed by atoms with van der Waals surface area (Å²) in [4.78, 5) is 15.0. The van der Waals surface area contributed by atoms with Crippen molar-refractivity contribution in [2.24, 2.45) is 50.2 Å². The molecule has 3 saturated heterocycles. The van der Waals surface area contributed by atoms with Crippen LogP contribution in [-0.4, -0.2) is 180 Å². The molecule has 18 heteroatoms. The van der Waals surface area contributed by atoms with Crippen LogP contribution in [0.5, 0.6) is 0 Å². The molecule has 0 bridgehead atoms. The van der Waals surface area contributed by atoms with Crippen LogP contribution in [0.2, 0.25) is 0 Å². The average Bonchev–Trinajstić information content (AvgIpc) is 3.28. The van der Waals surface area contributed by atoms with E-state index in [4.69, 9.17) is 28.4 Å². The van der Waals surface area contributed by atoms with Crippen LogP contribution in [-0.2, 0) is 33.2 Å². The molecule has 66 heavy (non-hydrogen) atoms. The molecule has 8 rings (SSSR count). The molecule has 11 N–H and O–H groups in total. The van der Waals surface area contributed by atoms with Crippen molar-refractivity contribution in [2.75, 3.05) is 19.8 Å². The van der Waals surface area contributed by atoms with Gasteiger partial charge in [0.25, 0.3) is 0 Å². The van der Waals surface area contributed by atoms with Gasteiger partial charge in [-0.25, -0.2) is 0 Å². The summed E-state index contributed by atoms with van der Waals surface area (Å²) in [5, 5.41) is 118. The van der Waals surface area contributed by atoms with Crippen molar-refractivity contribution in [3.05, 3.63) is 11.6 Å². The van der Waals surface area contributed by atoms with E-state index in [0.717, 1.165) is 32.1 Å². The van der Waals surface area contributed by atoms with E-state index < -0.39 is 122 Å². The van der Waals surface area contributed by atoms with E-state index in [2.05, 4.69) is 47.6 Å². The molecule has 24 atom stereocenters. The van der Waals surface area contributed by atoms with Gasteiger partial charge in [-0.3, -0.25) is 4.79 Å². The molecule has 24 unspecified atom stereocenters. The van der Waals surface area contributed by atoms with Gasteiger partial charge in [-0.05, 0) is 116 Å². The molecule has 3 heterocycles. The predicted molar refractivity (Wildman–Crippen MR) is 230 cm³/mol. The fraction of sp³-hybridized carbons (Fsp3) is 0.938. The Hall–Kier alpha value is -1.43. The number of fused-ring (bicyclic) bond motifs is 7. The van der Waals surface area contributed by atoms with E-state index in [1.54, 1.807) is 0 Å². The normalized spacial score (nSPS) is 54.8. The Labute approximate surface area is 387 Å². The number of ether oxygens (including phenoxy) is 6. The average molecular weight is 943 g/mol. The van der Waals surface area contributed by atoms with Gasteiger partial charge in [0.1, 0.15) is 67.1 Å². The molecule has 0 aromatic heterocycles. The van der Waals surface area contributed by atoms with E-state index in [9.17, 15) is 61.0 Å². The van der Waals surface area contributed by atoms with Crippen LogP contribution >= 0.6 is 0 Å². The number of rotatable bonds is 9. The Morgan fingerprint density at radius 3 is 2.00 bits per heavy atom. The SMILES string of the molecule is CC1OC(OC2C(CO)OC(OCC3OC(OC(=O)C45CCC(C)(CO)CC4C4=CCC6C7(C)CCC(O)C(C)(C)C7CCC6(C)C4(C)CC5)C(O)C(O)C3O)C(O)C2O)C(O)C(O)C1O. The molecule has 4 saturated carbocycles. The van der Waals surface area contributed by atoms with E-state index in [0.29, 0.717) is 43.9 Å². The first kappa shape index (κ1) is 50.9. The molecule has 5 aliphatic carbocycles. The zero-order chi connectivity index (χ0) is 48.3. The van der Waals surface area contributed by atoms with Gasteiger partial charge in [-0.2, -0.15) is 0 Å². The first-order chi connectivity index (χ1) is 30.8. The Balaban J connectivity index is 0.983. The van der Waals surface area contributed by atoms with E-state index in [1.807, 2.05) is 0 Å². The fourth-order valence-corrected chi connectivity index (χ4v) is 14.8. The van der Waals surface area contributed by atoms with Crippen molar-refractivity contribution in [2.45, 2.75) is 211 Å². The summed E-state index contributed by atoms with van der Waals surface area (Å²) in [6.07, 6.45) is -15.0. The van der Waals surface area contributed by atoms with Gasteiger partial charge in [-0.1, -0.05) is 53.2 Å². The van der Waals surface area contributed by atoms with Crippen molar-refractivity contribution >= 4 is 5.97 Å². The van der Waals surface area contributed by atoms with Crippen LogP contribution < -0.4 is 0 Å². The highest BCUT2D eigenvalue weighted by molar-refractivity contribution is 5.79. The summed E-state index contributed by atoms with van der Waals surface area (Å²) in [5.41, 5.74) is -0.853. The summed E-state index contributed by atoms with van der Waals surface area (Å²) in [7, 11) is 0. The van der Waals surface area contributed by atoms with E-state index >= 15 is 0 Å². The molecule has 0 amide bonds. The third-order valence-electron chi connectivity index (χ3n) is 19.5. The second kappa shape index (κ2) is 18.0. The molecule has 0 aromatic rings. The molecular formula is C48H78O18. The third kappa shape index (κ3) is 7.87. The summed E-state index contributed by atoms with van der Waals surface area (Å²) < 4.78 is 34.7. The highest BCUT2D eigenvalue weighted by Gasteiger charge is 2.70. The lowest BCUT2D eigenvalue weighted by molar-refractivity contribution is -0.361. The van der Waals surface area contributed by atoms with Gasteiger partial charge in [0.05, 0.1) is 30.8 Å². The van der Waals surface area contributed by atoms with Gasteiger partial charge in [0.15, 0.2) is 12.6 Å². The molecule has 0 aromatic carbocycles. The number of carbonyl (C=O) groups is 1. The number of hydrogen-bond acceptors (Lipinski definition) is 18. The van der Waals surface area contributed by atoms with Crippen LogP contribution in [0, 0.1) is 50.2 Å². The van der Waals surface area contributed by atoms with Crippen molar-refractivity contribution in [1.29, 1.82) is 0 Å². The molecule has 378 valence electrons. The maximum Gasteiger partial charge on any atom is 0.315 e. The fourth-order valence-electron chi connectivity index (χ4n) is 14.8.